The third-order valence-electron chi connectivity index (χ3n) is 0.805. The summed E-state index contributed by atoms with van der Waals surface area (Å²) in [7, 11) is 0. The van der Waals surface area contributed by atoms with Crippen LogP contribution in [0.25, 0.3) is 0 Å². The standard InChI is InChI=1S/C4H6O6.C2H6O.K.H/c5-1(3(7)8)2(6)4(9)10;1-2-3;;/h1-2,5-6H,(H,7,8)(H,9,10);3H,2H2,1H3;;. The van der Waals surface area contributed by atoms with Gasteiger partial charge in [0.15, 0.2) is 12.2 Å². The predicted molar refractivity (Wildman–Crippen MR) is 47.2 cm³/mol. The molecule has 0 aliphatic rings. The Labute approximate surface area is 123 Å². The summed E-state index contributed by atoms with van der Waals surface area (Å²) >= 11 is 0. The van der Waals surface area contributed by atoms with Crippen molar-refractivity contribution < 1.29 is 35.1 Å². The van der Waals surface area contributed by atoms with Crippen molar-refractivity contribution in [3.05, 3.63) is 0 Å². The van der Waals surface area contributed by atoms with E-state index < -0.39 is 24.1 Å². The summed E-state index contributed by atoms with van der Waals surface area (Å²) in [6, 6.07) is 0. The predicted octanol–water partition coefficient (Wildman–Crippen LogP) is -2.77. The molecule has 14 heavy (non-hydrogen) atoms. The normalized spacial score (nSPS) is 12.6. The first kappa shape index (κ1) is 19.9. The van der Waals surface area contributed by atoms with Crippen LogP contribution in [-0.2, 0) is 9.59 Å². The SMILES string of the molecule is CCO.O=C(O)C(O)C(O)C(=O)O.[KH]. The van der Waals surface area contributed by atoms with Gasteiger partial charge < -0.3 is 25.5 Å². The van der Waals surface area contributed by atoms with Gasteiger partial charge in [0, 0.05) is 6.61 Å². The van der Waals surface area contributed by atoms with Crippen LogP contribution in [0.4, 0.5) is 0 Å². The summed E-state index contributed by atoms with van der Waals surface area (Å²) < 4.78 is 0. The fraction of sp³-hybridized carbons (Fsp3) is 0.667. The minimum absolute atomic E-state index is 0. The van der Waals surface area contributed by atoms with Crippen molar-refractivity contribution in [3.63, 3.8) is 0 Å². The Hall–Kier alpha value is 0.456. The van der Waals surface area contributed by atoms with Gasteiger partial charge >= 0.3 is 63.3 Å². The molecule has 0 radical (unpaired) electrons. The Morgan fingerprint density at radius 3 is 1.29 bits per heavy atom. The molecule has 0 saturated carbocycles. The molecule has 0 aromatic heterocycles. The molecule has 2 unspecified atom stereocenters. The van der Waals surface area contributed by atoms with E-state index in [9.17, 15) is 9.59 Å². The second-order valence-corrected chi connectivity index (χ2v) is 1.88. The van der Waals surface area contributed by atoms with Crippen LogP contribution in [0.5, 0.6) is 0 Å². The number of aliphatic hydroxyl groups excluding tert-OH is 3. The summed E-state index contributed by atoms with van der Waals surface area (Å²) in [5.74, 6) is -3.54. The van der Waals surface area contributed by atoms with Crippen LogP contribution >= 0.6 is 0 Å². The number of carboxylic acids is 2. The van der Waals surface area contributed by atoms with E-state index in [1.807, 2.05) is 0 Å². The van der Waals surface area contributed by atoms with Crippen molar-refractivity contribution in [1.29, 1.82) is 0 Å². The first-order valence-electron chi connectivity index (χ1n) is 3.31. The Kier molecular flexibility index (Phi) is 16.4. The van der Waals surface area contributed by atoms with Crippen LogP contribution in [0.15, 0.2) is 0 Å². The van der Waals surface area contributed by atoms with Crippen molar-refractivity contribution in [2.24, 2.45) is 0 Å². The minimum atomic E-state index is -2.27. The average Bonchev–Trinajstić information content (AvgIpc) is 2.03. The van der Waals surface area contributed by atoms with E-state index in [0.717, 1.165) is 0 Å². The van der Waals surface area contributed by atoms with Crippen LogP contribution in [0.2, 0.25) is 0 Å². The molecule has 0 heterocycles. The van der Waals surface area contributed by atoms with E-state index in [2.05, 4.69) is 0 Å². The zero-order chi connectivity index (χ0) is 11.0. The van der Waals surface area contributed by atoms with Gasteiger partial charge in [-0.05, 0) is 6.92 Å². The van der Waals surface area contributed by atoms with Gasteiger partial charge in [0.25, 0.3) is 0 Å². The Morgan fingerprint density at radius 1 is 1.07 bits per heavy atom. The van der Waals surface area contributed by atoms with Gasteiger partial charge in [-0.1, -0.05) is 0 Å². The first-order valence-corrected chi connectivity index (χ1v) is 3.31. The van der Waals surface area contributed by atoms with Crippen LogP contribution in [0.1, 0.15) is 6.92 Å². The molecule has 80 valence electrons. The summed E-state index contributed by atoms with van der Waals surface area (Å²) in [4.78, 5) is 19.5. The zero-order valence-corrected chi connectivity index (χ0v) is 6.91. The third-order valence-corrected chi connectivity index (χ3v) is 0.805. The Morgan fingerprint density at radius 2 is 1.21 bits per heavy atom. The van der Waals surface area contributed by atoms with Gasteiger partial charge in [0.05, 0.1) is 0 Å². The second-order valence-electron chi connectivity index (χ2n) is 1.88. The Bertz CT molecular complexity index is 154. The molecular formula is C6H13KO7. The van der Waals surface area contributed by atoms with Crippen LogP contribution in [0, 0.1) is 0 Å². The van der Waals surface area contributed by atoms with Crippen molar-refractivity contribution in [1.82, 2.24) is 0 Å². The van der Waals surface area contributed by atoms with Crippen molar-refractivity contribution >= 4 is 63.3 Å². The molecule has 0 saturated heterocycles. The molecule has 0 amide bonds. The van der Waals surface area contributed by atoms with Gasteiger partial charge in [-0.25, -0.2) is 9.59 Å². The van der Waals surface area contributed by atoms with Gasteiger partial charge in [-0.2, -0.15) is 0 Å². The number of carboxylic acid groups (broad SMARTS) is 2. The summed E-state index contributed by atoms with van der Waals surface area (Å²) in [6.07, 6.45) is -4.53. The van der Waals surface area contributed by atoms with E-state index in [1.54, 1.807) is 6.92 Å². The maximum atomic E-state index is 9.77. The number of aliphatic hydroxyl groups is 3. The van der Waals surface area contributed by atoms with Crippen molar-refractivity contribution in [2.75, 3.05) is 6.61 Å². The summed E-state index contributed by atoms with van der Waals surface area (Å²) in [5, 5.41) is 40.1. The zero-order valence-electron chi connectivity index (χ0n) is 6.91. The topological polar surface area (TPSA) is 135 Å². The molecule has 5 N–H and O–H groups in total. The fourth-order valence-electron chi connectivity index (χ4n) is 0.270. The molecule has 0 spiro atoms. The third kappa shape index (κ3) is 10.5. The molecule has 0 fully saturated rings. The van der Waals surface area contributed by atoms with Crippen LogP contribution in [0.3, 0.4) is 0 Å². The molecule has 0 aliphatic heterocycles. The summed E-state index contributed by atoms with van der Waals surface area (Å²) in [6.45, 7) is 1.93. The van der Waals surface area contributed by atoms with Gasteiger partial charge in [-0.3, -0.25) is 0 Å². The molecule has 0 rings (SSSR count). The number of hydrogen-bond donors (Lipinski definition) is 5. The van der Waals surface area contributed by atoms with E-state index >= 15 is 0 Å². The number of aliphatic carboxylic acids is 2. The van der Waals surface area contributed by atoms with Crippen LogP contribution in [-0.4, -0.2) is 108 Å². The molecule has 0 aromatic rings. The van der Waals surface area contributed by atoms with E-state index in [0.29, 0.717) is 0 Å². The Balaban J connectivity index is -0.000000267. The number of hydrogen-bond acceptors (Lipinski definition) is 5. The van der Waals surface area contributed by atoms with E-state index in [4.69, 9.17) is 25.5 Å². The fourth-order valence-corrected chi connectivity index (χ4v) is 0.270. The average molecular weight is 236 g/mol. The second kappa shape index (κ2) is 11.5. The van der Waals surface area contributed by atoms with Crippen molar-refractivity contribution in [2.45, 2.75) is 19.1 Å². The van der Waals surface area contributed by atoms with Crippen LogP contribution < -0.4 is 0 Å². The molecule has 7 nitrogen and oxygen atoms in total. The quantitative estimate of drug-likeness (QED) is 0.335. The van der Waals surface area contributed by atoms with Gasteiger partial charge in [-0.15, -0.1) is 0 Å². The van der Waals surface area contributed by atoms with Gasteiger partial charge in [0.1, 0.15) is 0 Å². The molecule has 0 bridgehead atoms. The molecule has 0 aliphatic carbocycles. The number of carbonyl (C=O) groups is 2. The van der Waals surface area contributed by atoms with Gasteiger partial charge in [0.2, 0.25) is 0 Å². The monoisotopic (exact) mass is 236 g/mol. The van der Waals surface area contributed by atoms with Crippen molar-refractivity contribution in [3.8, 4) is 0 Å². The van der Waals surface area contributed by atoms with E-state index in [-0.39, 0.29) is 58.0 Å². The maximum absolute atomic E-state index is 9.77. The number of rotatable bonds is 3. The molecule has 2 atom stereocenters. The summed E-state index contributed by atoms with van der Waals surface area (Å²) in [5.41, 5.74) is 0. The first-order chi connectivity index (χ1) is 5.88. The molecule has 0 aromatic carbocycles. The van der Waals surface area contributed by atoms with E-state index in [1.165, 1.54) is 0 Å². The molecular weight excluding hydrogens is 223 g/mol. The molecule has 8 heteroatoms.